The molecule has 2 rings (SSSR count). The molecule has 0 spiro atoms. The van der Waals surface area contributed by atoms with Crippen LogP contribution in [0.2, 0.25) is 0 Å². The molecule has 1 aromatic heterocycles. The maximum absolute atomic E-state index is 12.3. The smallest absolute Gasteiger partial charge is 0.251 e. The summed E-state index contributed by atoms with van der Waals surface area (Å²) in [4.78, 5) is 16.4. The van der Waals surface area contributed by atoms with E-state index in [1.807, 2.05) is 6.92 Å². The number of rotatable bonds is 7. The highest BCUT2D eigenvalue weighted by molar-refractivity contribution is 5.95. The van der Waals surface area contributed by atoms with E-state index in [1.54, 1.807) is 18.3 Å². The van der Waals surface area contributed by atoms with Gasteiger partial charge in [-0.05, 0) is 19.1 Å². The SMILES string of the molecule is COc1cc(C(=O)NCCc2ncc(C)o2)cc(OC)c1OC. The first-order valence-electron chi connectivity index (χ1n) is 7.08. The molecule has 0 radical (unpaired) electrons. The predicted molar refractivity (Wildman–Crippen MR) is 83.4 cm³/mol. The Morgan fingerprint density at radius 1 is 1.17 bits per heavy atom. The van der Waals surface area contributed by atoms with E-state index in [9.17, 15) is 4.79 Å². The molecule has 2 aromatic rings. The molecule has 0 bridgehead atoms. The number of carbonyl (C=O) groups excluding carboxylic acids is 1. The number of carbonyl (C=O) groups is 1. The van der Waals surface area contributed by atoms with Crippen molar-refractivity contribution in [3.8, 4) is 17.2 Å². The van der Waals surface area contributed by atoms with Crippen molar-refractivity contribution in [1.82, 2.24) is 10.3 Å². The van der Waals surface area contributed by atoms with Crippen LogP contribution in [0.25, 0.3) is 0 Å². The van der Waals surface area contributed by atoms with E-state index in [-0.39, 0.29) is 5.91 Å². The fraction of sp³-hybridized carbons (Fsp3) is 0.375. The minimum atomic E-state index is -0.243. The third-order valence-electron chi connectivity index (χ3n) is 3.22. The van der Waals surface area contributed by atoms with Crippen LogP contribution in [0.4, 0.5) is 0 Å². The zero-order valence-electron chi connectivity index (χ0n) is 13.6. The summed E-state index contributed by atoms with van der Waals surface area (Å²) >= 11 is 0. The lowest BCUT2D eigenvalue weighted by Gasteiger charge is -2.14. The average Bonchev–Trinajstić information content (AvgIpc) is 2.98. The summed E-state index contributed by atoms with van der Waals surface area (Å²) in [5.74, 6) is 2.40. The largest absolute Gasteiger partial charge is 0.493 e. The Hall–Kier alpha value is -2.70. The molecule has 124 valence electrons. The van der Waals surface area contributed by atoms with Crippen LogP contribution < -0.4 is 19.5 Å². The summed E-state index contributed by atoms with van der Waals surface area (Å²) in [7, 11) is 4.52. The van der Waals surface area contributed by atoms with Gasteiger partial charge in [-0.15, -0.1) is 0 Å². The molecule has 23 heavy (non-hydrogen) atoms. The Balaban J connectivity index is 2.06. The number of amides is 1. The zero-order valence-corrected chi connectivity index (χ0v) is 13.6. The summed E-state index contributed by atoms with van der Waals surface area (Å²) < 4.78 is 21.1. The van der Waals surface area contributed by atoms with Gasteiger partial charge in [0.05, 0.1) is 27.5 Å². The summed E-state index contributed by atoms with van der Waals surface area (Å²) in [6, 6.07) is 3.21. The van der Waals surface area contributed by atoms with Crippen LogP contribution in [0.3, 0.4) is 0 Å². The maximum atomic E-state index is 12.3. The van der Waals surface area contributed by atoms with Crippen molar-refractivity contribution in [2.24, 2.45) is 0 Å². The van der Waals surface area contributed by atoms with Crippen molar-refractivity contribution >= 4 is 5.91 Å². The second kappa shape index (κ2) is 7.53. The summed E-state index contributed by atoms with van der Waals surface area (Å²) in [6.07, 6.45) is 2.17. The molecule has 7 nitrogen and oxygen atoms in total. The van der Waals surface area contributed by atoms with Crippen molar-refractivity contribution in [1.29, 1.82) is 0 Å². The molecule has 0 saturated carbocycles. The topological polar surface area (TPSA) is 82.8 Å². The van der Waals surface area contributed by atoms with Gasteiger partial charge in [-0.2, -0.15) is 0 Å². The van der Waals surface area contributed by atoms with Crippen LogP contribution >= 0.6 is 0 Å². The number of oxazole rings is 1. The van der Waals surface area contributed by atoms with E-state index in [1.165, 1.54) is 21.3 Å². The van der Waals surface area contributed by atoms with Crippen molar-refractivity contribution in [2.45, 2.75) is 13.3 Å². The average molecular weight is 320 g/mol. The highest BCUT2D eigenvalue weighted by Gasteiger charge is 2.16. The molecule has 7 heteroatoms. The van der Waals surface area contributed by atoms with Crippen molar-refractivity contribution < 1.29 is 23.4 Å². The van der Waals surface area contributed by atoms with Gasteiger partial charge in [-0.1, -0.05) is 0 Å². The standard InChI is InChI=1S/C16H20N2O5/c1-10-9-18-14(23-10)5-6-17-16(19)11-7-12(20-2)15(22-4)13(8-11)21-3/h7-9H,5-6H2,1-4H3,(H,17,19). The lowest BCUT2D eigenvalue weighted by atomic mass is 10.1. The molecule has 1 heterocycles. The summed E-state index contributed by atoms with van der Waals surface area (Å²) in [6.45, 7) is 2.24. The van der Waals surface area contributed by atoms with Crippen LogP contribution in [0.1, 0.15) is 22.0 Å². The molecule has 1 amide bonds. The Morgan fingerprint density at radius 3 is 2.30 bits per heavy atom. The monoisotopic (exact) mass is 320 g/mol. The Labute approximate surface area is 134 Å². The Morgan fingerprint density at radius 2 is 1.83 bits per heavy atom. The number of hydrogen-bond donors (Lipinski definition) is 1. The van der Waals surface area contributed by atoms with Crippen molar-refractivity contribution in [3.63, 3.8) is 0 Å². The molecular formula is C16H20N2O5. The summed E-state index contributed by atoms with van der Waals surface area (Å²) in [5, 5.41) is 2.81. The number of nitrogens with one attached hydrogen (secondary N) is 1. The van der Waals surface area contributed by atoms with Gasteiger partial charge in [0.1, 0.15) is 5.76 Å². The first-order chi connectivity index (χ1) is 11.1. The molecule has 0 unspecified atom stereocenters. The number of ether oxygens (including phenoxy) is 3. The van der Waals surface area contributed by atoms with Gasteiger partial charge in [0.15, 0.2) is 17.4 Å². The van der Waals surface area contributed by atoms with Crippen molar-refractivity contribution in [2.75, 3.05) is 27.9 Å². The number of aryl methyl sites for hydroxylation is 1. The van der Waals surface area contributed by atoms with Gasteiger partial charge in [-0.3, -0.25) is 4.79 Å². The second-order valence-electron chi connectivity index (χ2n) is 4.78. The third-order valence-corrected chi connectivity index (χ3v) is 3.22. The first kappa shape index (κ1) is 16.7. The number of hydrogen-bond acceptors (Lipinski definition) is 6. The molecule has 0 atom stereocenters. The quantitative estimate of drug-likeness (QED) is 0.840. The van der Waals surface area contributed by atoms with Gasteiger partial charge in [0.25, 0.3) is 5.91 Å². The molecule has 0 fully saturated rings. The van der Waals surface area contributed by atoms with Crippen LogP contribution in [0, 0.1) is 6.92 Å². The first-order valence-corrected chi connectivity index (χ1v) is 7.08. The van der Waals surface area contributed by atoms with E-state index < -0.39 is 0 Å². The number of aromatic nitrogens is 1. The third kappa shape index (κ3) is 3.94. The van der Waals surface area contributed by atoms with E-state index in [0.29, 0.717) is 41.7 Å². The highest BCUT2D eigenvalue weighted by atomic mass is 16.5. The molecule has 0 aliphatic heterocycles. The highest BCUT2D eigenvalue weighted by Crippen LogP contribution is 2.38. The zero-order chi connectivity index (χ0) is 16.8. The number of methoxy groups -OCH3 is 3. The van der Waals surface area contributed by atoms with Gasteiger partial charge >= 0.3 is 0 Å². The molecule has 0 saturated heterocycles. The number of benzene rings is 1. The molecule has 0 aliphatic carbocycles. The van der Waals surface area contributed by atoms with Gasteiger partial charge in [0.2, 0.25) is 5.75 Å². The van der Waals surface area contributed by atoms with Crippen molar-refractivity contribution in [3.05, 3.63) is 35.5 Å². The van der Waals surface area contributed by atoms with Crippen LogP contribution in [0.5, 0.6) is 17.2 Å². The Kier molecular flexibility index (Phi) is 5.46. The van der Waals surface area contributed by atoms with Gasteiger partial charge in [-0.25, -0.2) is 4.98 Å². The predicted octanol–water partition coefficient (Wildman–Crippen LogP) is 1.98. The van der Waals surface area contributed by atoms with Crippen LogP contribution in [0.15, 0.2) is 22.7 Å². The second-order valence-corrected chi connectivity index (χ2v) is 4.78. The van der Waals surface area contributed by atoms with E-state index in [0.717, 1.165) is 5.76 Å². The lowest BCUT2D eigenvalue weighted by molar-refractivity contribution is 0.0952. The Bertz CT molecular complexity index is 656. The number of nitrogens with zero attached hydrogens (tertiary/aromatic N) is 1. The maximum Gasteiger partial charge on any atom is 0.251 e. The fourth-order valence-corrected chi connectivity index (χ4v) is 2.11. The van der Waals surface area contributed by atoms with E-state index >= 15 is 0 Å². The van der Waals surface area contributed by atoms with Crippen LogP contribution in [-0.2, 0) is 6.42 Å². The minimum Gasteiger partial charge on any atom is -0.493 e. The van der Waals surface area contributed by atoms with E-state index in [2.05, 4.69) is 10.3 Å². The van der Waals surface area contributed by atoms with Gasteiger partial charge < -0.3 is 23.9 Å². The molecule has 0 aliphatic rings. The van der Waals surface area contributed by atoms with Gasteiger partial charge in [0, 0.05) is 18.5 Å². The lowest BCUT2D eigenvalue weighted by Crippen LogP contribution is -2.25. The molecule has 1 aromatic carbocycles. The van der Waals surface area contributed by atoms with Crippen LogP contribution in [-0.4, -0.2) is 38.8 Å². The fourth-order valence-electron chi connectivity index (χ4n) is 2.11. The minimum absolute atomic E-state index is 0.243. The normalized spacial score (nSPS) is 10.3. The molecule has 1 N–H and O–H groups in total. The van der Waals surface area contributed by atoms with E-state index in [4.69, 9.17) is 18.6 Å². The summed E-state index contributed by atoms with van der Waals surface area (Å²) in [5.41, 5.74) is 0.420. The molecular weight excluding hydrogens is 300 g/mol.